The molecule has 19 heavy (non-hydrogen) atoms. The third-order valence-corrected chi connectivity index (χ3v) is 5.15. The maximum absolute atomic E-state index is 11.3. The molecule has 0 bridgehead atoms. The Morgan fingerprint density at radius 1 is 1.47 bits per heavy atom. The Labute approximate surface area is 117 Å². The van der Waals surface area contributed by atoms with Crippen LogP contribution >= 0.6 is 11.3 Å². The van der Waals surface area contributed by atoms with Crippen LogP contribution in [0.2, 0.25) is 0 Å². The SMILES string of the molecule is CCC1NCCN(C)C1(O)c1csc2ccccc12. The minimum Gasteiger partial charge on any atom is -0.370 e. The monoisotopic (exact) mass is 276 g/mol. The maximum Gasteiger partial charge on any atom is 0.161 e. The van der Waals surface area contributed by atoms with E-state index in [-0.39, 0.29) is 6.04 Å². The zero-order valence-corrected chi connectivity index (χ0v) is 12.2. The van der Waals surface area contributed by atoms with Crippen molar-refractivity contribution in [3.05, 3.63) is 35.2 Å². The molecule has 2 N–H and O–H groups in total. The third-order valence-electron chi connectivity index (χ3n) is 4.19. The second kappa shape index (κ2) is 4.87. The summed E-state index contributed by atoms with van der Waals surface area (Å²) in [4.78, 5) is 2.08. The highest BCUT2D eigenvalue weighted by atomic mass is 32.1. The number of rotatable bonds is 2. The first-order chi connectivity index (χ1) is 9.17. The van der Waals surface area contributed by atoms with Gasteiger partial charge in [0.2, 0.25) is 0 Å². The Balaban J connectivity index is 2.16. The summed E-state index contributed by atoms with van der Waals surface area (Å²) in [6.07, 6.45) is 0.908. The zero-order valence-electron chi connectivity index (χ0n) is 11.4. The lowest BCUT2D eigenvalue weighted by atomic mass is 9.89. The summed E-state index contributed by atoms with van der Waals surface area (Å²) >= 11 is 1.71. The largest absolute Gasteiger partial charge is 0.370 e. The van der Waals surface area contributed by atoms with Gasteiger partial charge in [0, 0.05) is 23.4 Å². The summed E-state index contributed by atoms with van der Waals surface area (Å²) in [6.45, 7) is 3.91. The molecule has 3 rings (SSSR count). The van der Waals surface area contributed by atoms with Crippen molar-refractivity contribution in [2.75, 3.05) is 20.1 Å². The molecule has 1 fully saturated rings. The lowest BCUT2D eigenvalue weighted by molar-refractivity contribution is -0.145. The molecule has 4 heteroatoms. The van der Waals surface area contributed by atoms with Crippen LogP contribution in [0.3, 0.4) is 0 Å². The van der Waals surface area contributed by atoms with E-state index in [2.05, 4.69) is 34.7 Å². The van der Waals surface area contributed by atoms with Crippen molar-refractivity contribution in [2.24, 2.45) is 0 Å². The van der Waals surface area contributed by atoms with Crippen LogP contribution in [0.1, 0.15) is 18.9 Å². The summed E-state index contributed by atoms with van der Waals surface area (Å²) in [7, 11) is 2.01. The molecule has 1 aromatic heterocycles. The number of nitrogens with zero attached hydrogens (tertiary/aromatic N) is 1. The number of piperazine rings is 1. The second-order valence-corrected chi connectivity index (χ2v) is 6.12. The van der Waals surface area contributed by atoms with E-state index in [1.54, 1.807) is 11.3 Å². The average molecular weight is 276 g/mol. The van der Waals surface area contributed by atoms with Crippen LogP contribution in [0.25, 0.3) is 10.1 Å². The van der Waals surface area contributed by atoms with Crippen LogP contribution < -0.4 is 5.32 Å². The Morgan fingerprint density at radius 2 is 2.26 bits per heavy atom. The summed E-state index contributed by atoms with van der Waals surface area (Å²) in [5.74, 6) is 0. The molecule has 2 atom stereocenters. The van der Waals surface area contributed by atoms with Gasteiger partial charge in [-0.25, -0.2) is 0 Å². The van der Waals surface area contributed by atoms with Gasteiger partial charge in [0.15, 0.2) is 5.72 Å². The smallest absolute Gasteiger partial charge is 0.161 e. The topological polar surface area (TPSA) is 35.5 Å². The fourth-order valence-corrected chi connectivity index (χ4v) is 4.08. The van der Waals surface area contributed by atoms with Gasteiger partial charge in [-0.2, -0.15) is 0 Å². The molecule has 0 amide bonds. The molecular weight excluding hydrogens is 256 g/mol. The normalized spacial score (nSPS) is 28.9. The van der Waals surface area contributed by atoms with E-state index in [0.29, 0.717) is 0 Å². The van der Waals surface area contributed by atoms with Gasteiger partial charge in [-0.3, -0.25) is 4.90 Å². The molecule has 3 nitrogen and oxygen atoms in total. The van der Waals surface area contributed by atoms with E-state index in [0.717, 1.165) is 25.1 Å². The predicted molar refractivity (Wildman–Crippen MR) is 80.4 cm³/mol. The van der Waals surface area contributed by atoms with Crippen LogP contribution in [0.4, 0.5) is 0 Å². The second-order valence-electron chi connectivity index (χ2n) is 5.21. The highest BCUT2D eigenvalue weighted by Crippen LogP contribution is 2.39. The van der Waals surface area contributed by atoms with Crippen LogP contribution in [-0.2, 0) is 5.72 Å². The summed E-state index contributed by atoms with van der Waals surface area (Å²) in [6, 6.07) is 8.38. The van der Waals surface area contributed by atoms with Gasteiger partial charge in [0.1, 0.15) is 0 Å². The molecule has 102 valence electrons. The summed E-state index contributed by atoms with van der Waals surface area (Å²) in [5, 5.41) is 18.1. The Bertz CT molecular complexity index is 582. The number of hydrogen-bond acceptors (Lipinski definition) is 4. The van der Waals surface area contributed by atoms with Crippen LogP contribution in [0.5, 0.6) is 0 Å². The van der Waals surface area contributed by atoms with Gasteiger partial charge in [0.25, 0.3) is 0 Å². The standard InChI is InChI=1S/C15H20N2OS/c1-3-14-15(18,17(2)9-8-16-14)12-10-19-13-7-5-4-6-11(12)13/h4-7,10,14,16,18H,3,8-9H2,1-2H3. The van der Waals surface area contributed by atoms with Crippen molar-refractivity contribution in [3.63, 3.8) is 0 Å². The van der Waals surface area contributed by atoms with E-state index in [1.807, 2.05) is 19.2 Å². The molecule has 0 spiro atoms. The van der Waals surface area contributed by atoms with Crippen LogP contribution in [0.15, 0.2) is 29.6 Å². The van der Waals surface area contributed by atoms with E-state index in [1.165, 1.54) is 10.1 Å². The number of likely N-dealkylation sites (N-methyl/N-ethyl adjacent to an activating group) is 1. The van der Waals surface area contributed by atoms with Crippen molar-refractivity contribution >= 4 is 21.4 Å². The van der Waals surface area contributed by atoms with Gasteiger partial charge in [-0.1, -0.05) is 25.1 Å². The number of aliphatic hydroxyl groups is 1. The summed E-state index contributed by atoms with van der Waals surface area (Å²) in [5.41, 5.74) is 0.127. The Hall–Kier alpha value is -0.940. The van der Waals surface area contributed by atoms with Crippen LogP contribution in [-0.4, -0.2) is 36.2 Å². The number of thiophene rings is 1. The minimum atomic E-state index is -0.910. The summed E-state index contributed by atoms with van der Waals surface area (Å²) < 4.78 is 1.24. The third kappa shape index (κ3) is 1.91. The van der Waals surface area contributed by atoms with Gasteiger partial charge < -0.3 is 10.4 Å². The number of nitrogens with one attached hydrogen (secondary N) is 1. The maximum atomic E-state index is 11.3. The van der Waals surface area contributed by atoms with Gasteiger partial charge in [-0.15, -0.1) is 11.3 Å². The van der Waals surface area contributed by atoms with Crippen molar-refractivity contribution in [1.29, 1.82) is 0 Å². The first-order valence-electron chi connectivity index (χ1n) is 6.81. The van der Waals surface area contributed by atoms with E-state index < -0.39 is 5.72 Å². The molecule has 2 aromatic rings. The lowest BCUT2D eigenvalue weighted by Crippen LogP contribution is -2.63. The molecule has 1 aromatic carbocycles. The van der Waals surface area contributed by atoms with Gasteiger partial charge >= 0.3 is 0 Å². The first kappa shape index (κ1) is 13.1. The highest BCUT2D eigenvalue weighted by molar-refractivity contribution is 7.17. The Kier molecular flexibility index (Phi) is 3.35. The highest BCUT2D eigenvalue weighted by Gasteiger charge is 2.44. The number of hydrogen-bond donors (Lipinski definition) is 2. The van der Waals surface area contributed by atoms with Gasteiger partial charge in [-0.05, 0) is 30.3 Å². The van der Waals surface area contributed by atoms with Gasteiger partial charge in [0.05, 0.1) is 6.04 Å². The molecule has 1 aliphatic heterocycles. The molecule has 2 heterocycles. The van der Waals surface area contributed by atoms with E-state index in [4.69, 9.17) is 0 Å². The quantitative estimate of drug-likeness (QED) is 0.884. The minimum absolute atomic E-state index is 0.0734. The molecular formula is C15H20N2OS. The molecule has 2 unspecified atom stereocenters. The zero-order chi connectivity index (χ0) is 13.5. The van der Waals surface area contributed by atoms with Crippen molar-refractivity contribution in [3.8, 4) is 0 Å². The molecule has 0 radical (unpaired) electrons. The first-order valence-corrected chi connectivity index (χ1v) is 7.69. The fraction of sp³-hybridized carbons (Fsp3) is 0.467. The van der Waals surface area contributed by atoms with E-state index >= 15 is 0 Å². The lowest BCUT2D eigenvalue weighted by Gasteiger charge is -2.47. The average Bonchev–Trinajstić information content (AvgIpc) is 2.86. The molecule has 1 aliphatic rings. The number of fused-ring (bicyclic) bond motifs is 1. The van der Waals surface area contributed by atoms with E-state index in [9.17, 15) is 5.11 Å². The molecule has 0 aliphatic carbocycles. The number of benzene rings is 1. The van der Waals surface area contributed by atoms with Crippen LogP contribution in [0, 0.1) is 0 Å². The molecule has 1 saturated heterocycles. The van der Waals surface area contributed by atoms with Crippen molar-refractivity contribution in [2.45, 2.75) is 25.1 Å². The fourth-order valence-electron chi connectivity index (χ4n) is 3.07. The molecule has 0 saturated carbocycles. The van der Waals surface area contributed by atoms with Crippen molar-refractivity contribution in [1.82, 2.24) is 10.2 Å². The predicted octanol–water partition coefficient (Wildman–Crippen LogP) is 2.36. The Morgan fingerprint density at radius 3 is 3.05 bits per heavy atom. The van der Waals surface area contributed by atoms with Crippen molar-refractivity contribution < 1.29 is 5.11 Å².